The van der Waals surface area contributed by atoms with Crippen molar-refractivity contribution in [3.05, 3.63) is 0 Å². The molecule has 0 radical (unpaired) electrons. The van der Waals surface area contributed by atoms with Gasteiger partial charge in [0.15, 0.2) is 0 Å². The number of fused-ring (bicyclic) bond motifs is 5. The Bertz CT molecular complexity index is 659. The Labute approximate surface area is 192 Å². The van der Waals surface area contributed by atoms with Crippen molar-refractivity contribution in [1.82, 2.24) is 0 Å². The van der Waals surface area contributed by atoms with Crippen LogP contribution in [0.5, 0.6) is 0 Å². The number of nitrogens with two attached hydrogens (primary N) is 1. The summed E-state index contributed by atoms with van der Waals surface area (Å²) in [5, 5.41) is 4.31. The van der Waals surface area contributed by atoms with E-state index in [9.17, 15) is 0 Å². The maximum atomic E-state index is 6.63. The quantitative estimate of drug-likeness (QED) is 0.459. The van der Waals surface area contributed by atoms with E-state index < -0.39 is 0 Å². The Morgan fingerprint density at radius 2 is 1.74 bits per heavy atom. The molecule has 178 valence electrons. The third-order valence-electron chi connectivity index (χ3n) is 11.0. The highest BCUT2D eigenvalue weighted by atomic mass is 16.6. The van der Waals surface area contributed by atoms with Gasteiger partial charge in [0.2, 0.25) is 0 Å². The summed E-state index contributed by atoms with van der Waals surface area (Å²) in [4.78, 5) is 5.12. The lowest BCUT2D eigenvalue weighted by Gasteiger charge is -2.61. The van der Waals surface area contributed by atoms with Gasteiger partial charge in [-0.15, -0.1) is 0 Å². The first-order chi connectivity index (χ1) is 14.7. The second-order valence-electron chi connectivity index (χ2n) is 13.0. The van der Waals surface area contributed by atoms with Crippen LogP contribution in [0.15, 0.2) is 5.16 Å². The minimum Gasteiger partial charge on any atom is -0.399 e. The third kappa shape index (κ3) is 4.11. The molecule has 4 rings (SSSR count). The highest BCUT2D eigenvalue weighted by Crippen LogP contribution is 2.68. The van der Waals surface area contributed by atoms with Crippen LogP contribution in [0.25, 0.3) is 0 Å². The average Bonchev–Trinajstić information content (AvgIpc) is 3.06. The Balaban J connectivity index is 1.48. The third-order valence-corrected chi connectivity index (χ3v) is 11.0. The summed E-state index contributed by atoms with van der Waals surface area (Å²) in [5.41, 5.74) is 8.73. The second-order valence-corrected chi connectivity index (χ2v) is 13.0. The summed E-state index contributed by atoms with van der Waals surface area (Å²) in [7, 11) is 1.66. The number of hydrogen-bond acceptors (Lipinski definition) is 3. The second kappa shape index (κ2) is 8.99. The fourth-order valence-electron chi connectivity index (χ4n) is 9.43. The molecule has 0 amide bonds. The zero-order valence-corrected chi connectivity index (χ0v) is 21.3. The molecule has 3 heteroatoms. The minimum atomic E-state index is 0.0885. The van der Waals surface area contributed by atoms with Crippen LogP contribution in [0.1, 0.15) is 105 Å². The van der Waals surface area contributed by atoms with E-state index in [1.54, 1.807) is 7.11 Å². The molecule has 9 atom stereocenters. The smallest absolute Gasteiger partial charge is 0.106 e. The molecule has 4 fully saturated rings. The molecule has 31 heavy (non-hydrogen) atoms. The van der Waals surface area contributed by atoms with E-state index in [0.29, 0.717) is 10.8 Å². The highest BCUT2D eigenvalue weighted by Gasteiger charge is 2.61. The first-order valence-corrected chi connectivity index (χ1v) is 13.6. The van der Waals surface area contributed by atoms with Crippen molar-refractivity contribution < 1.29 is 4.84 Å². The van der Waals surface area contributed by atoms with Crippen molar-refractivity contribution in [1.29, 1.82) is 0 Å². The van der Waals surface area contributed by atoms with Gasteiger partial charge in [-0.3, -0.25) is 0 Å². The Morgan fingerprint density at radius 1 is 1.00 bits per heavy atom. The minimum absolute atomic E-state index is 0.0885. The zero-order chi connectivity index (χ0) is 22.4. The van der Waals surface area contributed by atoms with Crippen molar-refractivity contribution in [2.75, 3.05) is 7.11 Å². The fourth-order valence-corrected chi connectivity index (χ4v) is 9.43. The Kier molecular flexibility index (Phi) is 6.84. The summed E-state index contributed by atoms with van der Waals surface area (Å²) in [6.07, 6.45) is 15.1. The average molecular weight is 431 g/mol. The molecule has 3 nitrogen and oxygen atoms in total. The van der Waals surface area contributed by atoms with E-state index in [0.717, 1.165) is 60.0 Å². The summed E-state index contributed by atoms with van der Waals surface area (Å²) in [6.45, 7) is 12.6. The number of hydrogen-bond donors (Lipinski definition) is 1. The molecule has 0 aromatic rings. The first-order valence-electron chi connectivity index (χ1n) is 13.6. The van der Waals surface area contributed by atoms with Crippen molar-refractivity contribution >= 4 is 5.71 Å². The molecule has 2 N–H and O–H groups in total. The molecule has 0 aliphatic heterocycles. The molecule has 4 aliphatic rings. The lowest BCUT2D eigenvalue weighted by molar-refractivity contribution is -0.107. The number of oxime groups is 1. The molecular formula is C28H50N2O. The van der Waals surface area contributed by atoms with Gasteiger partial charge in [0.1, 0.15) is 7.11 Å². The molecule has 0 heterocycles. The Hall–Kier alpha value is -0.570. The van der Waals surface area contributed by atoms with E-state index in [1.807, 2.05) is 0 Å². The maximum absolute atomic E-state index is 6.63. The van der Waals surface area contributed by atoms with Crippen LogP contribution in [0.2, 0.25) is 0 Å². The molecule has 0 aromatic carbocycles. The maximum Gasteiger partial charge on any atom is 0.106 e. The molecule has 0 unspecified atom stereocenters. The van der Waals surface area contributed by atoms with Gasteiger partial charge in [-0.05, 0) is 104 Å². The summed E-state index contributed by atoms with van der Waals surface area (Å²) in [5.74, 6) is 6.20. The number of rotatable bonds is 6. The van der Waals surface area contributed by atoms with Crippen LogP contribution in [0.3, 0.4) is 0 Å². The van der Waals surface area contributed by atoms with Gasteiger partial charge in [-0.25, -0.2) is 0 Å². The van der Waals surface area contributed by atoms with E-state index in [1.165, 1.54) is 57.8 Å². The molecule has 0 bridgehead atoms. The normalized spacial score (nSPS) is 47.0. The molecule has 0 saturated heterocycles. The number of nitrogens with zero attached hydrogens (tertiary/aromatic N) is 1. The summed E-state index contributed by atoms with van der Waals surface area (Å²) in [6, 6.07) is 0.0885. The summed E-state index contributed by atoms with van der Waals surface area (Å²) >= 11 is 0. The predicted molar refractivity (Wildman–Crippen MR) is 131 cm³/mol. The molecule has 0 spiro atoms. The van der Waals surface area contributed by atoms with Gasteiger partial charge in [0, 0.05) is 6.04 Å². The molecular weight excluding hydrogens is 380 g/mol. The summed E-state index contributed by atoms with van der Waals surface area (Å²) < 4.78 is 0. The van der Waals surface area contributed by atoms with E-state index in [4.69, 9.17) is 10.6 Å². The van der Waals surface area contributed by atoms with Gasteiger partial charge in [0.05, 0.1) is 5.71 Å². The lowest BCUT2D eigenvalue weighted by Crippen LogP contribution is -2.57. The molecule has 4 aliphatic carbocycles. The zero-order valence-electron chi connectivity index (χ0n) is 21.3. The van der Waals surface area contributed by atoms with Crippen LogP contribution < -0.4 is 5.73 Å². The highest BCUT2D eigenvalue weighted by molar-refractivity contribution is 5.90. The first kappa shape index (κ1) is 23.6. The van der Waals surface area contributed by atoms with Crippen LogP contribution in [-0.2, 0) is 4.84 Å². The molecule has 4 saturated carbocycles. The fraction of sp³-hybridized carbons (Fsp3) is 0.964. The topological polar surface area (TPSA) is 47.6 Å². The van der Waals surface area contributed by atoms with Crippen LogP contribution in [0, 0.1) is 52.3 Å². The largest absolute Gasteiger partial charge is 0.399 e. The monoisotopic (exact) mass is 430 g/mol. The van der Waals surface area contributed by atoms with Gasteiger partial charge < -0.3 is 10.6 Å². The standard InChI is InChI=1S/C28H50N2O/c1-18(2)8-7-9-19(3)22-12-13-23-21-11-10-20-16-26(30-31-6)25(29)17-28(20,5)24(21)14-15-27(22,23)4/h18-25H,7-17,29H2,1-6H3/b30-26+/t19-,20+,21+,22-,23+,24+,25-,27-,28+/m1/s1. The van der Waals surface area contributed by atoms with E-state index in [2.05, 4.69) is 39.8 Å². The van der Waals surface area contributed by atoms with Crippen molar-refractivity contribution in [3.63, 3.8) is 0 Å². The Morgan fingerprint density at radius 3 is 2.45 bits per heavy atom. The van der Waals surface area contributed by atoms with E-state index in [-0.39, 0.29) is 6.04 Å². The van der Waals surface area contributed by atoms with Crippen LogP contribution in [0.4, 0.5) is 0 Å². The predicted octanol–water partition coefficient (Wildman–Crippen LogP) is 7.05. The van der Waals surface area contributed by atoms with Crippen molar-refractivity contribution in [2.45, 2.75) is 111 Å². The van der Waals surface area contributed by atoms with Crippen LogP contribution in [-0.4, -0.2) is 18.9 Å². The lowest BCUT2D eigenvalue weighted by atomic mass is 9.44. The van der Waals surface area contributed by atoms with Gasteiger partial charge >= 0.3 is 0 Å². The van der Waals surface area contributed by atoms with Gasteiger partial charge in [-0.2, -0.15) is 0 Å². The van der Waals surface area contributed by atoms with Gasteiger partial charge in [0.25, 0.3) is 0 Å². The molecule has 0 aromatic heterocycles. The van der Waals surface area contributed by atoms with Crippen molar-refractivity contribution in [2.24, 2.45) is 63.1 Å². The van der Waals surface area contributed by atoms with Crippen molar-refractivity contribution in [3.8, 4) is 0 Å². The van der Waals surface area contributed by atoms with Crippen LogP contribution >= 0.6 is 0 Å². The van der Waals surface area contributed by atoms with Gasteiger partial charge in [-0.1, -0.05) is 59.0 Å². The SMILES string of the molecule is CO/N=C1\C[C@@H]2CC[C@@H]3[C@H](CC[C@]4(C)[C@@H]([C@H](C)CCCC(C)C)CC[C@@H]34)[C@@]2(C)C[C@H]1N. The van der Waals surface area contributed by atoms with E-state index >= 15 is 0 Å².